The summed E-state index contributed by atoms with van der Waals surface area (Å²) in [6.45, 7) is 6.01. The van der Waals surface area contributed by atoms with Crippen LogP contribution in [0, 0.1) is 12.3 Å². The van der Waals surface area contributed by atoms with Crippen molar-refractivity contribution in [2.24, 2.45) is 15.6 Å². The zero-order valence-corrected chi connectivity index (χ0v) is 17.3. The normalized spacial score (nSPS) is 17.7. The molecule has 1 aromatic heterocycles. The Kier molecular flexibility index (Phi) is 5.26. The minimum atomic E-state index is -0.608. The maximum Gasteiger partial charge on any atom is 0.291 e. The third-order valence-corrected chi connectivity index (χ3v) is 5.36. The molecule has 0 bridgehead atoms. The lowest BCUT2D eigenvalue weighted by molar-refractivity contribution is 0.0910. The van der Waals surface area contributed by atoms with Crippen LogP contribution in [0.5, 0.6) is 0 Å². The zero-order chi connectivity index (χ0) is 21.3. The Bertz CT molecular complexity index is 1080. The lowest BCUT2D eigenvalue weighted by Gasteiger charge is -2.31. The highest BCUT2D eigenvalue weighted by Gasteiger charge is 2.37. The molecule has 3 aromatic rings. The number of anilines is 1. The van der Waals surface area contributed by atoms with Crippen LogP contribution in [0.25, 0.3) is 0 Å². The van der Waals surface area contributed by atoms with Crippen molar-refractivity contribution in [2.45, 2.75) is 39.7 Å². The molecule has 0 radical (unpaired) electrons. The first-order valence-electron chi connectivity index (χ1n) is 10.0. The van der Waals surface area contributed by atoms with Crippen LogP contribution in [-0.2, 0) is 6.42 Å². The van der Waals surface area contributed by atoms with Gasteiger partial charge in [-0.25, -0.2) is 0 Å². The monoisotopic (exact) mass is 403 g/mol. The van der Waals surface area contributed by atoms with Crippen LogP contribution >= 0.6 is 0 Å². The molecule has 0 spiro atoms. The first-order chi connectivity index (χ1) is 14.3. The summed E-state index contributed by atoms with van der Waals surface area (Å²) in [6, 6.07) is 16.6. The molecule has 1 unspecified atom stereocenters. The molecule has 6 nitrogen and oxygen atoms in total. The number of fused-ring (bicyclic) bond motifs is 1. The first kappa shape index (κ1) is 20.0. The van der Waals surface area contributed by atoms with E-state index in [1.165, 1.54) is 0 Å². The van der Waals surface area contributed by atoms with Gasteiger partial charge in [-0.05, 0) is 55.2 Å². The van der Waals surface area contributed by atoms with Crippen molar-refractivity contribution in [3.63, 3.8) is 0 Å². The Balaban J connectivity index is 1.48. The van der Waals surface area contributed by atoms with Gasteiger partial charge < -0.3 is 14.8 Å². The van der Waals surface area contributed by atoms with Gasteiger partial charge in [0.05, 0.1) is 17.5 Å². The molecule has 0 saturated heterocycles. The number of nitrogens with one attached hydrogen (secondary N) is 1. The van der Waals surface area contributed by atoms with Crippen molar-refractivity contribution >= 4 is 23.0 Å². The number of nitrogens with zero attached hydrogens (tertiary/aromatic N) is 2. The molecule has 1 amide bonds. The Morgan fingerprint density at radius 2 is 1.70 bits per heavy atom. The first-order valence-corrected chi connectivity index (χ1v) is 10.0. The molecule has 30 heavy (non-hydrogen) atoms. The molecule has 2 N–H and O–H groups in total. The third-order valence-electron chi connectivity index (χ3n) is 5.36. The summed E-state index contributed by atoms with van der Waals surface area (Å²) in [5.41, 5.74) is 3.50. The van der Waals surface area contributed by atoms with Gasteiger partial charge in [0.1, 0.15) is 5.76 Å². The number of carbonyl (C=O) groups is 1. The Hall–Kier alpha value is -3.25. The second kappa shape index (κ2) is 7.88. The van der Waals surface area contributed by atoms with E-state index in [9.17, 15) is 9.90 Å². The predicted octanol–water partition coefficient (Wildman–Crippen LogP) is 6.26. The van der Waals surface area contributed by atoms with Gasteiger partial charge in [0.2, 0.25) is 0 Å². The lowest BCUT2D eigenvalue weighted by Crippen LogP contribution is -2.24. The third kappa shape index (κ3) is 4.19. The molecule has 4 rings (SSSR count). The number of azo groups is 1. The molecule has 0 fully saturated rings. The average Bonchev–Trinajstić information content (AvgIpc) is 3.03. The van der Waals surface area contributed by atoms with Crippen molar-refractivity contribution < 1.29 is 14.3 Å². The highest BCUT2D eigenvalue weighted by atomic mass is 16.4. The minimum absolute atomic E-state index is 0.0609. The summed E-state index contributed by atoms with van der Waals surface area (Å²) in [7, 11) is 0. The quantitative estimate of drug-likeness (QED) is 0.504. The smallest absolute Gasteiger partial charge is 0.291 e. The van der Waals surface area contributed by atoms with Gasteiger partial charge in [-0.3, -0.25) is 4.79 Å². The summed E-state index contributed by atoms with van der Waals surface area (Å²) < 4.78 is 5.88. The predicted molar refractivity (Wildman–Crippen MR) is 116 cm³/mol. The number of rotatable bonds is 4. The number of aliphatic hydroxyl groups is 1. The second-order valence-electron chi connectivity index (χ2n) is 8.49. The van der Waals surface area contributed by atoms with Crippen LogP contribution in [0.15, 0.2) is 69.2 Å². The minimum Gasteiger partial charge on any atom is -0.455 e. The van der Waals surface area contributed by atoms with E-state index in [-0.39, 0.29) is 17.1 Å². The number of hydrogen-bond acceptors (Lipinski definition) is 5. The Labute approximate surface area is 175 Å². The van der Waals surface area contributed by atoms with E-state index in [1.54, 1.807) is 24.3 Å². The van der Waals surface area contributed by atoms with Crippen molar-refractivity contribution in [3.8, 4) is 0 Å². The molecule has 2 aromatic carbocycles. The lowest BCUT2D eigenvalue weighted by atomic mass is 9.75. The molecule has 1 heterocycles. The van der Waals surface area contributed by atoms with E-state index in [0.29, 0.717) is 35.5 Å². The number of hydrogen-bond donors (Lipinski definition) is 2. The Morgan fingerprint density at radius 1 is 1.07 bits per heavy atom. The van der Waals surface area contributed by atoms with Gasteiger partial charge in [0, 0.05) is 23.2 Å². The zero-order valence-electron chi connectivity index (χ0n) is 17.3. The van der Waals surface area contributed by atoms with Gasteiger partial charge in [-0.15, -0.1) is 0 Å². The van der Waals surface area contributed by atoms with Crippen molar-refractivity contribution in [3.05, 3.63) is 77.2 Å². The van der Waals surface area contributed by atoms with Gasteiger partial charge in [-0.2, -0.15) is 10.2 Å². The summed E-state index contributed by atoms with van der Waals surface area (Å²) >= 11 is 0. The topological polar surface area (TPSA) is 87.2 Å². The Morgan fingerprint density at radius 3 is 2.37 bits per heavy atom. The molecule has 154 valence electrons. The maximum atomic E-state index is 12.8. The van der Waals surface area contributed by atoms with Crippen LogP contribution in [-0.4, -0.2) is 11.0 Å². The molecular weight excluding hydrogens is 378 g/mol. The van der Waals surface area contributed by atoms with Gasteiger partial charge >= 0.3 is 0 Å². The summed E-state index contributed by atoms with van der Waals surface area (Å²) in [5, 5.41) is 21.8. The molecule has 0 aliphatic heterocycles. The fraction of sp³-hybridized carbons (Fsp3) is 0.292. The number of benzene rings is 2. The fourth-order valence-electron chi connectivity index (χ4n) is 3.91. The molecule has 1 atom stereocenters. The molecule has 1 aliphatic rings. The van der Waals surface area contributed by atoms with Crippen LogP contribution in [0.2, 0.25) is 0 Å². The van der Waals surface area contributed by atoms with Crippen molar-refractivity contribution in [1.82, 2.24) is 0 Å². The largest absolute Gasteiger partial charge is 0.455 e. The van der Waals surface area contributed by atoms with Crippen LogP contribution in [0.3, 0.4) is 0 Å². The maximum absolute atomic E-state index is 12.8. The van der Waals surface area contributed by atoms with Gasteiger partial charge in [-0.1, -0.05) is 32.0 Å². The van der Waals surface area contributed by atoms with E-state index >= 15 is 0 Å². The fourth-order valence-corrected chi connectivity index (χ4v) is 3.91. The van der Waals surface area contributed by atoms with E-state index in [1.807, 2.05) is 37.3 Å². The van der Waals surface area contributed by atoms with E-state index in [4.69, 9.17) is 4.42 Å². The molecule has 1 aliphatic carbocycles. The van der Waals surface area contributed by atoms with E-state index in [0.717, 1.165) is 11.3 Å². The number of carbonyl (C=O) groups excluding carboxylic acids is 1. The summed E-state index contributed by atoms with van der Waals surface area (Å²) in [4.78, 5) is 12.8. The highest BCUT2D eigenvalue weighted by Crippen LogP contribution is 2.44. The standard InChI is InChI=1S/C24H25N3O3/c1-15-21-19(28)13-24(2,3)14-20(21)30-22(15)23(29)25-16-9-11-18(12-10-16)27-26-17-7-5-4-6-8-17/h4-12,19,28H,13-14H2,1-3H3,(H,25,29). The van der Waals surface area contributed by atoms with Crippen LogP contribution in [0.1, 0.15) is 53.8 Å². The van der Waals surface area contributed by atoms with E-state index in [2.05, 4.69) is 29.4 Å². The second-order valence-corrected chi connectivity index (χ2v) is 8.49. The van der Waals surface area contributed by atoms with E-state index < -0.39 is 6.10 Å². The van der Waals surface area contributed by atoms with Crippen LogP contribution in [0.4, 0.5) is 17.1 Å². The molecule has 0 saturated carbocycles. The number of amides is 1. The summed E-state index contributed by atoms with van der Waals surface area (Å²) in [6.07, 6.45) is 0.748. The molecule has 6 heteroatoms. The van der Waals surface area contributed by atoms with Gasteiger partial charge in [0.15, 0.2) is 5.76 Å². The van der Waals surface area contributed by atoms with Crippen LogP contribution < -0.4 is 5.32 Å². The van der Waals surface area contributed by atoms with Crippen molar-refractivity contribution in [2.75, 3.05) is 5.32 Å². The number of aliphatic hydroxyl groups excluding tert-OH is 1. The van der Waals surface area contributed by atoms with Crippen molar-refractivity contribution in [1.29, 1.82) is 0 Å². The SMILES string of the molecule is Cc1c(C(=O)Nc2ccc(N=Nc3ccccc3)cc2)oc2c1C(O)CC(C)(C)C2. The number of furan rings is 1. The summed E-state index contributed by atoms with van der Waals surface area (Å²) in [5.74, 6) is 0.633. The highest BCUT2D eigenvalue weighted by molar-refractivity contribution is 6.03. The van der Waals surface area contributed by atoms with Gasteiger partial charge in [0.25, 0.3) is 5.91 Å². The average molecular weight is 403 g/mol. The molecular formula is C24H25N3O3.